The molecule has 17 heavy (non-hydrogen) atoms. The van der Waals surface area contributed by atoms with Gasteiger partial charge in [-0.15, -0.1) is 0 Å². The monoisotopic (exact) mass is 240 g/mol. The number of halogens is 2. The van der Waals surface area contributed by atoms with Gasteiger partial charge in [0.25, 0.3) is 0 Å². The number of carbonyl (C=O) groups is 1. The number of amides is 1. The van der Waals surface area contributed by atoms with Crippen molar-refractivity contribution in [1.29, 1.82) is 0 Å². The van der Waals surface area contributed by atoms with Gasteiger partial charge in [-0.2, -0.15) is 0 Å². The molecule has 1 aliphatic carbocycles. The predicted molar refractivity (Wildman–Crippen MR) is 59.8 cm³/mol. The van der Waals surface area contributed by atoms with Crippen LogP contribution in [0.4, 0.5) is 14.6 Å². The SMILES string of the molecule is O=C(Nc1ccccn1)C1CCCC(F)(F)C1. The summed E-state index contributed by atoms with van der Waals surface area (Å²) in [6.45, 7) is 0. The van der Waals surface area contributed by atoms with Crippen molar-refractivity contribution in [3.05, 3.63) is 24.4 Å². The topological polar surface area (TPSA) is 42.0 Å². The van der Waals surface area contributed by atoms with Crippen LogP contribution in [0, 0.1) is 5.92 Å². The normalized spacial score (nSPS) is 23.1. The Kier molecular flexibility index (Phi) is 3.36. The van der Waals surface area contributed by atoms with Crippen LogP contribution in [0.2, 0.25) is 0 Å². The van der Waals surface area contributed by atoms with Gasteiger partial charge in [0.2, 0.25) is 11.8 Å². The Morgan fingerprint density at radius 2 is 2.29 bits per heavy atom. The average Bonchev–Trinajstić information content (AvgIpc) is 2.29. The van der Waals surface area contributed by atoms with Crippen molar-refractivity contribution in [1.82, 2.24) is 4.98 Å². The van der Waals surface area contributed by atoms with Gasteiger partial charge in [0.15, 0.2) is 0 Å². The summed E-state index contributed by atoms with van der Waals surface area (Å²) < 4.78 is 26.3. The van der Waals surface area contributed by atoms with E-state index in [2.05, 4.69) is 10.3 Å². The van der Waals surface area contributed by atoms with Crippen molar-refractivity contribution in [2.75, 3.05) is 5.32 Å². The molecule has 1 saturated carbocycles. The summed E-state index contributed by atoms with van der Waals surface area (Å²) in [7, 11) is 0. The van der Waals surface area contributed by atoms with Gasteiger partial charge in [0, 0.05) is 25.0 Å². The minimum atomic E-state index is -2.70. The molecule has 0 bridgehead atoms. The molecular formula is C12H14F2N2O. The maximum absolute atomic E-state index is 13.2. The van der Waals surface area contributed by atoms with Gasteiger partial charge in [-0.25, -0.2) is 13.8 Å². The highest BCUT2D eigenvalue weighted by atomic mass is 19.3. The molecule has 0 aliphatic heterocycles. The molecule has 5 heteroatoms. The van der Waals surface area contributed by atoms with E-state index in [1.165, 1.54) is 0 Å². The zero-order valence-electron chi connectivity index (χ0n) is 9.33. The third kappa shape index (κ3) is 3.22. The molecule has 0 aromatic carbocycles. The van der Waals surface area contributed by atoms with E-state index in [1.54, 1.807) is 24.4 Å². The van der Waals surface area contributed by atoms with Gasteiger partial charge in [-0.1, -0.05) is 6.07 Å². The molecular weight excluding hydrogens is 226 g/mol. The van der Waals surface area contributed by atoms with Crippen LogP contribution in [-0.4, -0.2) is 16.8 Å². The maximum Gasteiger partial charge on any atom is 0.248 e. The first-order valence-corrected chi connectivity index (χ1v) is 5.66. The number of carbonyl (C=O) groups excluding carboxylic acids is 1. The molecule has 1 unspecified atom stereocenters. The molecule has 3 nitrogen and oxygen atoms in total. The first kappa shape index (κ1) is 12.0. The Morgan fingerprint density at radius 1 is 1.47 bits per heavy atom. The fraction of sp³-hybridized carbons (Fsp3) is 0.500. The van der Waals surface area contributed by atoms with Crippen LogP contribution in [0.15, 0.2) is 24.4 Å². The fourth-order valence-corrected chi connectivity index (χ4v) is 2.06. The molecule has 1 aromatic rings. The summed E-state index contributed by atoms with van der Waals surface area (Å²) in [5.41, 5.74) is 0. The first-order chi connectivity index (χ1) is 8.07. The Hall–Kier alpha value is -1.52. The molecule has 2 rings (SSSR count). The zero-order chi connectivity index (χ0) is 12.3. The van der Waals surface area contributed by atoms with Gasteiger partial charge in [-0.05, 0) is 25.0 Å². The number of aromatic nitrogens is 1. The summed E-state index contributed by atoms with van der Waals surface area (Å²) in [5, 5.41) is 2.57. The second kappa shape index (κ2) is 4.77. The largest absolute Gasteiger partial charge is 0.310 e. The van der Waals surface area contributed by atoms with Crippen molar-refractivity contribution < 1.29 is 13.6 Å². The number of nitrogens with zero attached hydrogens (tertiary/aromatic N) is 1. The molecule has 1 fully saturated rings. The van der Waals surface area contributed by atoms with Crippen LogP contribution >= 0.6 is 0 Å². The summed E-state index contributed by atoms with van der Waals surface area (Å²) >= 11 is 0. The van der Waals surface area contributed by atoms with Gasteiger partial charge in [-0.3, -0.25) is 4.79 Å². The summed E-state index contributed by atoms with van der Waals surface area (Å²) in [6.07, 6.45) is 2.00. The van der Waals surface area contributed by atoms with E-state index in [9.17, 15) is 13.6 Å². The lowest BCUT2D eigenvalue weighted by Gasteiger charge is -2.27. The summed E-state index contributed by atoms with van der Waals surface area (Å²) in [5.74, 6) is -3.26. The highest BCUT2D eigenvalue weighted by Gasteiger charge is 2.39. The van der Waals surface area contributed by atoms with E-state index < -0.39 is 11.8 Å². The number of pyridine rings is 1. The van der Waals surface area contributed by atoms with Gasteiger partial charge in [0.1, 0.15) is 5.82 Å². The highest BCUT2D eigenvalue weighted by molar-refractivity contribution is 5.91. The van der Waals surface area contributed by atoms with Gasteiger partial charge >= 0.3 is 0 Å². The molecule has 1 amide bonds. The molecule has 0 spiro atoms. The number of anilines is 1. The second-order valence-corrected chi connectivity index (χ2v) is 4.35. The Bertz CT molecular complexity index is 395. The average molecular weight is 240 g/mol. The van der Waals surface area contributed by atoms with Crippen molar-refractivity contribution in [2.24, 2.45) is 5.92 Å². The van der Waals surface area contributed by atoms with Gasteiger partial charge in [0.05, 0.1) is 0 Å². The Labute approximate surface area is 98.2 Å². The summed E-state index contributed by atoms with van der Waals surface area (Å²) in [6, 6.07) is 5.10. The molecule has 1 heterocycles. The van der Waals surface area contributed by atoms with Crippen LogP contribution in [0.3, 0.4) is 0 Å². The first-order valence-electron chi connectivity index (χ1n) is 5.66. The molecule has 0 radical (unpaired) electrons. The lowest BCUT2D eigenvalue weighted by Crippen LogP contribution is -2.33. The molecule has 0 saturated heterocycles. The van der Waals surface area contributed by atoms with E-state index in [1.807, 2.05) is 0 Å². The minimum absolute atomic E-state index is 0.111. The minimum Gasteiger partial charge on any atom is -0.310 e. The number of rotatable bonds is 2. The molecule has 1 aliphatic rings. The van der Waals surface area contributed by atoms with Crippen LogP contribution in [0.1, 0.15) is 25.7 Å². The predicted octanol–water partition coefficient (Wildman–Crippen LogP) is 2.85. The van der Waals surface area contributed by atoms with E-state index in [0.717, 1.165) is 0 Å². The third-order valence-corrected chi connectivity index (χ3v) is 2.93. The van der Waals surface area contributed by atoms with E-state index >= 15 is 0 Å². The van der Waals surface area contributed by atoms with E-state index in [4.69, 9.17) is 0 Å². The lowest BCUT2D eigenvalue weighted by atomic mass is 9.86. The maximum atomic E-state index is 13.2. The number of hydrogen-bond acceptors (Lipinski definition) is 2. The van der Waals surface area contributed by atoms with Crippen LogP contribution < -0.4 is 5.32 Å². The molecule has 1 N–H and O–H groups in total. The van der Waals surface area contributed by atoms with Gasteiger partial charge < -0.3 is 5.32 Å². The molecule has 92 valence electrons. The van der Waals surface area contributed by atoms with Crippen LogP contribution in [0.25, 0.3) is 0 Å². The molecule has 1 atom stereocenters. The van der Waals surface area contributed by atoms with Crippen LogP contribution in [0.5, 0.6) is 0 Å². The smallest absolute Gasteiger partial charge is 0.248 e. The van der Waals surface area contributed by atoms with Crippen molar-refractivity contribution in [3.8, 4) is 0 Å². The quantitative estimate of drug-likeness (QED) is 0.863. The van der Waals surface area contributed by atoms with Crippen molar-refractivity contribution in [3.63, 3.8) is 0 Å². The standard InChI is InChI=1S/C12H14F2N2O/c13-12(14)6-3-4-9(8-12)11(17)16-10-5-1-2-7-15-10/h1-2,5,7,9H,3-4,6,8H2,(H,15,16,17). The zero-order valence-corrected chi connectivity index (χ0v) is 9.33. The lowest BCUT2D eigenvalue weighted by molar-refractivity contribution is -0.127. The second-order valence-electron chi connectivity index (χ2n) is 4.35. The molecule has 1 aromatic heterocycles. The number of hydrogen-bond donors (Lipinski definition) is 1. The Morgan fingerprint density at radius 3 is 2.94 bits per heavy atom. The van der Waals surface area contributed by atoms with E-state index in [-0.39, 0.29) is 18.7 Å². The summed E-state index contributed by atoms with van der Waals surface area (Å²) in [4.78, 5) is 15.7. The highest BCUT2D eigenvalue weighted by Crippen LogP contribution is 2.36. The van der Waals surface area contributed by atoms with Crippen molar-refractivity contribution >= 4 is 11.7 Å². The Balaban J connectivity index is 1.96. The fourth-order valence-electron chi connectivity index (χ4n) is 2.06. The number of alkyl halides is 2. The van der Waals surface area contributed by atoms with Crippen LogP contribution in [-0.2, 0) is 4.79 Å². The van der Waals surface area contributed by atoms with Crippen molar-refractivity contribution in [2.45, 2.75) is 31.6 Å². The van der Waals surface area contributed by atoms with E-state index in [0.29, 0.717) is 18.7 Å². The third-order valence-electron chi connectivity index (χ3n) is 2.93. The number of nitrogens with one attached hydrogen (secondary N) is 1.